The van der Waals surface area contributed by atoms with Gasteiger partial charge in [0, 0.05) is 19.3 Å². The fourth-order valence-electron chi connectivity index (χ4n) is 3.46. The Kier molecular flexibility index (Phi) is 6.03. The highest BCUT2D eigenvalue weighted by molar-refractivity contribution is 6.38. The Labute approximate surface area is 175 Å². The van der Waals surface area contributed by atoms with E-state index in [-0.39, 0.29) is 24.3 Å². The number of pyridine rings is 1. The number of likely N-dealkylation sites (tertiary alicyclic amines) is 1. The average Bonchev–Trinajstić information content (AvgIpc) is 2.98. The number of halogens is 1. The van der Waals surface area contributed by atoms with E-state index < -0.39 is 11.6 Å². The Morgan fingerprint density at radius 1 is 1.28 bits per heavy atom. The molecule has 29 heavy (non-hydrogen) atoms. The van der Waals surface area contributed by atoms with Gasteiger partial charge in [0.25, 0.3) is 0 Å². The molecule has 0 aromatic carbocycles. The van der Waals surface area contributed by atoms with Crippen LogP contribution in [0.1, 0.15) is 62.6 Å². The molecule has 0 atom stereocenters. The van der Waals surface area contributed by atoms with Crippen molar-refractivity contribution in [3.63, 3.8) is 0 Å². The second kappa shape index (κ2) is 8.18. The third-order valence-corrected chi connectivity index (χ3v) is 5.18. The third-order valence-electron chi connectivity index (χ3n) is 4.79. The first-order valence-electron chi connectivity index (χ1n) is 9.80. The summed E-state index contributed by atoms with van der Waals surface area (Å²) in [4.78, 5) is 30.6. The number of carbonyl (C=O) groups is 2. The lowest BCUT2D eigenvalue weighted by Crippen LogP contribution is -2.42. The molecule has 0 saturated carbocycles. The number of nitrogens with zero attached hydrogens (tertiary/aromatic N) is 4. The van der Waals surface area contributed by atoms with Crippen molar-refractivity contribution in [2.24, 2.45) is 0 Å². The molecule has 0 unspecified atom stereocenters. The van der Waals surface area contributed by atoms with Gasteiger partial charge in [0.2, 0.25) is 0 Å². The Balaban J connectivity index is 1.81. The fourth-order valence-corrected chi connectivity index (χ4v) is 3.81. The van der Waals surface area contributed by atoms with Gasteiger partial charge in [0.05, 0.1) is 34.3 Å². The first kappa shape index (κ1) is 21.4. The van der Waals surface area contributed by atoms with Gasteiger partial charge in [-0.25, -0.2) is 19.3 Å². The molecule has 1 aliphatic heterocycles. The van der Waals surface area contributed by atoms with Crippen molar-refractivity contribution in [3.8, 4) is 0 Å². The number of fused-ring (bicyclic) bond motifs is 1. The van der Waals surface area contributed by atoms with Gasteiger partial charge in [-0.15, -0.1) is 0 Å². The number of piperidine rings is 1. The Morgan fingerprint density at radius 3 is 2.52 bits per heavy atom. The van der Waals surface area contributed by atoms with E-state index in [4.69, 9.17) is 21.1 Å². The molecule has 0 spiro atoms. The molecule has 0 N–H and O–H groups in total. The summed E-state index contributed by atoms with van der Waals surface area (Å²) in [7, 11) is 0. The van der Waals surface area contributed by atoms with Gasteiger partial charge in [-0.05, 0) is 47.5 Å². The number of carbonyl (C=O) groups excluding carboxylic acids is 2. The fraction of sp³-hybridized carbons (Fsp3) is 0.600. The SMILES string of the molecule is CCOC(=O)c1cnc2c(c(C)nn2C2CCN(C(=O)OC(C)(C)C)CC2)c1Cl. The molecule has 0 radical (unpaired) electrons. The highest BCUT2D eigenvalue weighted by Gasteiger charge is 2.30. The van der Waals surface area contributed by atoms with Crippen molar-refractivity contribution in [3.05, 3.63) is 22.5 Å². The molecule has 2 aromatic heterocycles. The third kappa shape index (κ3) is 4.47. The van der Waals surface area contributed by atoms with Crippen LogP contribution in [0.25, 0.3) is 11.0 Å². The number of amides is 1. The molecule has 8 nitrogen and oxygen atoms in total. The summed E-state index contributed by atoms with van der Waals surface area (Å²) >= 11 is 6.49. The Hall–Kier alpha value is -2.35. The topological polar surface area (TPSA) is 86.5 Å². The van der Waals surface area contributed by atoms with Crippen molar-refractivity contribution >= 4 is 34.7 Å². The number of hydrogen-bond acceptors (Lipinski definition) is 6. The Morgan fingerprint density at radius 2 is 1.93 bits per heavy atom. The summed E-state index contributed by atoms with van der Waals surface area (Å²) in [5, 5.41) is 5.60. The van der Waals surface area contributed by atoms with Gasteiger partial charge in [0.15, 0.2) is 5.65 Å². The highest BCUT2D eigenvalue weighted by atomic mass is 35.5. The van der Waals surface area contributed by atoms with Crippen LogP contribution in [-0.4, -0.2) is 57.0 Å². The second-order valence-electron chi connectivity index (χ2n) is 8.13. The van der Waals surface area contributed by atoms with Crippen LogP contribution >= 0.6 is 11.6 Å². The van der Waals surface area contributed by atoms with Crippen molar-refractivity contribution in [1.82, 2.24) is 19.7 Å². The van der Waals surface area contributed by atoms with E-state index in [0.717, 1.165) is 12.8 Å². The van der Waals surface area contributed by atoms with E-state index in [1.807, 2.05) is 32.4 Å². The van der Waals surface area contributed by atoms with Gasteiger partial charge >= 0.3 is 12.1 Å². The lowest BCUT2D eigenvalue weighted by Gasteiger charge is -2.33. The number of aryl methyl sites for hydroxylation is 1. The van der Waals surface area contributed by atoms with Gasteiger partial charge < -0.3 is 14.4 Å². The molecule has 0 bridgehead atoms. The quantitative estimate of drug-likeness (QED) is 0.691. The molecule has 3 rings (SSSR count). The first-order chi connectivity index (χ1) is 13.6. The lowest BCUT2D eigenvalue weighted by atomic mass is 10.1. The molecule has 3 heterocycles. The minimum Gasteiger partial charge on any atom is -0.462 e. The van der Waals surface area contributed by atoms with Crippen LogP contribution < -0.4 is 0 Å². The largest absolute Gasteiger partial charge is 0.462 e. The standard InChI is InChI=1S/C20H27ClN4O4/c1-6-28-18(26)14-11-22-17-15(16(14)21)12(2)23-25(17)13-7-9-24(10-8-13)19(27)29-20(3,4)5/h11,13H,6-10H2,1-5H3. The zero-order valence-electron chi connectivity index (χ0n) is 17.5. The molecule has 2 aromatic rings. The number of rotatable bonds is 3. The summed E-state index contributed by atoms with van der Waals surface area (Å²) in [6.07, 6.45) is 2.61. The predicted molar refractivity (Wildman–Crippen MR) is 109 cm³/mol. The lowest BCUT2D eigenvalue weighted by molar-refractivity contribution is 0.0185. The minimum absolute atomic E-state index is 0.0851. The normalized spacial score (nSPS) is 15.6. The number of esters is 1. The van der Waals surface area contributed by atoms with E-state index in [9.17, 15) is 9.59 Å². The van der Waals surface area contributed by atoms with E-state index >= 15 is 0 Å². The maximum Gasteiger partial charge on any atom is 0.410 e. The smallest absolute Gasteiger partial charge is 0.410 e. The summed E-state index contributed by atoms with van der Waals surface area (Å²) in [6.45, 7) is 10.6. The van der Waals surface area contributed by atoms with Crippen LogP contribution in [0, 0.1) is 6.92 Å². The zero-order valence-corrected chi connectivity index (χ0v) is 18.2. The van der Waals surface area contributed by atoms with Gasteiger partial charge in [-0.1, -0.05) is 11.6 Å². The maximum atomic E-state index is 12.3. The predicted octanol–water partition coefficient (Wildman–Crippen LogP) is 4.14. The van der Waals surface area contributed by atoms with Gasteiger partial charge in [-0.3, -0.25) is 0 Å². The summed E-state index contributed by atoms with van der Waals surface area (Å²) in [6, 6.07) is 0.0851. The van der Waals surface area contributed by atoms with Gasteiger partial charge in [0.1, 0.15) is 5.60 Å². The maximum absolute atomic E-state index is 12.3. The molecule has 1 aliphatic rings. The molecule has 1 saturated heterocycles. The van der Waals surface area contributed by atoms with E-state index in [1.165, 1.54) is 6.20 Å². The summed E-state index contributed by atoms with van der Waals surface area (Å²) in [5.74, 6) is -0.496. The number of aromatic nitrogens is 3. The van der Waals surface area contributed by atoms with Crippen molar-refractivity contribution in [1.29, 1.82) is 0 Å². The van der Waals surface area contributed by atoms with Crippen LogP contribution in [0.4, 0.5) is 4.79 Å². The van der Waals surface area contributed by atoms with Crippen molar-refractivity contribution in [2.45, 2.75) is 59.1 Å². The molecule has 158 valence electrons. The molecule has 1 amide bonds. The van der Waals surface area contributed by atoms with Crippen LogP contribution in [0.5, 0.6) is 0 Å². The van der Waals surface area contributed by atoms with Gasteiger partial charge in [-0.2, -0.15) is 5.10 Å². The Bertz CT molecular complexity index is 927. The number of hydrogen-bond donors (Lipinski definition) is 0. The average molecular weight is 423 g/mol. The van der Waals surface area contributed by atoms with Crippen molar-refractivity contribution in [2.75, 3.05) is 19.7 Å². The molecular weight excluding hydrogens is 396 g/mol. The summed E-state index contributed by atoms with van der Waals surface area (Å²) in [5.41, 5.74) is 1.07. The summed E-state index contributed by atoms with van der Waals surface area (Å²) < 4.78 is 12.4. The molecule has 0 aliphatic carbocycles. The molecule has 1 fully saturated rings. The molecule has 9 heteroatoms. The van der Waals surface area contributed by atoms with Crippen LogP contribution in [0.3, 0.4) is 0 Å². The zero-order chi connectivity index (χ0) is 21.3. The number of ether oxygens (including phenoxy) is 2. The highest BCUT2D eigenvalue weighted by Crippen LogP contribution is 2.33. The van der Waals surface area contributed by atoms with Crippen molar-refractivity contribution < 1.29 is 19.1 Å². The van der Waals surface area contributed by atoms with E-state index in [2.05, 4.69) is 10.1 Å². The first-order valence-corrected chi connectivity index (χ1v) is 10.2. The van der Waals surface area contributed by atoms with E-state index in [1.54, 1.807) is 11.8 Å². The molecular formula is C20H27ClN4O4. The van der Waals surface area contributed by atoms with Crippen LogP contribution in [-0.2, 0) is 9.47 Å². The van der Waals surface area contributed by atoms with Crippen LogP contribution in [0.2, 0.25) is 5.02 Å². The van der Waals surface area contributed by atoms with Crippen LogP contribution in [0.15, 0.2) is 6.20 Å². The minimum atomic E-state index is -0.513. The monoisotopic (exact) mass is 422 g/mol. The van der Waals surface area contributed by atoms with E-state index in [0.29, 0.717) is 34.8 Å². The second-order valence-corrected chi connectivity index (χ2v) is 8.51.